The van der Waals surface area contributed by atoms with Gasteiger partial charge in [-0.25, -0.2) is 0 Å². The summed E-state index contributed by atoms with van der Waals surface area (Å²) in [4.78, 5) is 26.0. The van der Waals surface area contributed by atoms with Crippen LogP contribution < -0.4 is 4.74 Å². The number of rotatable bonds is 6. The molecule has 0 bridgehead atoms. The van der Waals surface area contributed by atoms with Crippen molar-refractivity contribution in [3.63, 3.8) is 0 Å². The molecule has 2 heterocycles. The van der Waals surface area contributed by atoms with Crippen LogP contribution in [-0.2, 0) is 17.9 Å². The van der Waals surface area contributed by atoms with Crippen molar-refractivity contribution in [2.45, 2.75) is 19.2 Å². The summed E-state index contributed by atoms with van der Waals surface area (Å²) in [5.41, 5.74) is 4.17. The fourth-order valence-corrected chi connectivity index (χ4v) is 4.88. The molecular formula is C26H22N2O3S. The van der Waals surface area contributed by atoms with Crippen LogP contribution in [0.25, 0.3) is 10.9 Å². The molecule has 0 saturated carbocycles. The maximum atomic E-state index is 12.5. The number of benzene rings is 3. The van der Waals surface area contributed by atoms with Crippen molar-refractivity contribution < 1.29 is 14.3 Å². The lowest BCUT2D eigenvalue weighted by molar-refractivity contribution is -0.113. The Bertz CT molecular complexity index is 1280. The molecule has 5 nitrogen and oxygen atoms in total. The SMILES string of the molecule is CN1C(=O)SC(=O)C1c1cn(Cc2ccc(OCc3ccccc3)cc2)c2ccccc12. The minimum absolute atomic E-state index is 0.125. The van der Waals surface area contributed by atoms with E-state index in [4.69, 9.17) is 4.74 Å². The number of amides is 1. The first-order valence-corrected chi connectivity index (χ1v) is 11.2. The zero-order valence-electron chi connectivity index (χ0n) is 17.6. The maximum absolute atomic E-state index is 12.5. The van der Waals surface area contributed by atoms with Crippen LogP contribution in [0, 0.1) is 0 Å². The van der Waals surface area contributed by atoms with E-state index < -0.39 is 6.04 Å². The summed E-state index contributed by atoms with van der Waals surface area (Å²) in [6, 6.07) is 25.6. The van der Waals surface area contributed by atoms with Gasteiger partial charge in [0.1, 0.15) is 18.4 Å². The fraction of sp³-hybridized carbons (Fsp3) is 0.154. The summed E-state index contributed by atoms with van der Waals surface area (Å²) in [5, 5.41) is 0.666. The van der Waals surface area contributed by atoms with E-state index in [2.05, 4.69) is 16.7 Å². The summed E-state index contributed by atoms with van der Waals surface area (Å²) in [5.74, 6) is 0.823. The molecule has 0 N–H and O–H groups in total. The van der Waals surface area contributed by atoms with Gasteiger partial charge < -0.3 is 14.2 Å². The molecule has 3 aromatic carbocycles. The maximum Gasteiger partial charge on any atom is 0.289 e. The highest BCUT2D eigenvalue weighted by molar-refractivity contribution is 8.26. The minimum Gasteiger partial charge on any atom is -0.489 e. The molecule has 1 fully saturated rings. The standard InChI is InChI=1S/C26H22N2O3S/c1-27-24(25(29)32-26(27)30)22-16-28(23-10-6-5-9-21(22)23)15-18-11-13-20(14-12-18)31-17-19-7-3-2-4-8-19/h2-14,16,24H,15,17H2,1H3. The van der Waals surface area contributed by atoms with Crippen molar-refractivity contribution in [2.24, 2.45) is 0 Å². The molecule has 6 heteroatoms. The molecule has 160 valence electrons. The number of carbonyl (C=O) groups excluding carboxylic acids is 2. The van der Waals surface area contributed by atoms with Gasteiger partial charge in [0, 0.05) is 48.0 Å². The topological polar surface area (TPSA) is 51.5 Å². The first-order chi connectivity index (χ1) is 15.6. The van der Waals surface area contributed by atoms with Crippen LogP contribution >= 0.6 is 11.8 Å². The monoisotopic (exact) mass is 442 g/mol. The molecule has 1 aromatic heterocycles. The molecule has 0 radical (unpaired) electrons. The molecule has 1 amide bonds. The van der Waals surface area contributed by atoms with Gasteiger partial charge in [0.25, 0.3) is 5.24 Å². The number of hydrogen-bond donors (Lipinski definition) is 0. The summed E-state index contributed by atoms with van der Waals surface area (Å²) >= 11 is 0.783. The highest BCUT2D eigenvalue weighted by atomic mass is 32.2. The lowest BCUT2D eigenvalue weighted by Crippen LogP contribution is -2.23. The van der Waals surface area contributed by atoms with Crippen molar-refractivity contribution in [1.29, 1.82) is 0 Å². The lowest BCUT2D eigenvalue weighted by Gasteiger charge is -2.16. The predicted molar refractivity (Wildman–Crippen MR) is 127 cm³/mol. The molecule has 4 aromatic rings. The quantitative estimate of drug-likeness (QED) is 0.388. The number of carbonyl (C=O) groups is 2. The number of likely N-dealkylation sites (N-methyl/N-ethyl adjacent to an activating group) is 1. The van der Waals surface area contributed by atoms with Crippen molar-refractivity contribution in [1.82, 2.24) is 9.47 Å². The van der Waals surface area contributed by atoms with Gasteiger partial charge in [-0.3, -0.25) is 9.59 Å². The largest absolute Gasteiger partial charge is 0.489 e. The molecule has 1 aliphatic rings. The molecule has 0 spiro atoms. The van der Waals surface area contributed by atoms with Crippen molar-refractivity contribution >= 4 is 33.0 Å². The Morgan fingerprint density at radius 1 is 0.875 bits per heavy atom. The molecule has 1 aliphatic heterocycles. The van der Waals surface area contributed by atoms with Gasteiger partial charge in [-0.05, 0) is 29.3 Å². The smallest absolute Gasteiger partial charge is 0.289 e. The minimum atomic E-state index is -0.549. The predicted octanol–water partition coefficient (Wildman–Crippen LogP) is 5.63. The molecule has 32 heavy (non-hydrogen) atoms. The van der Waals surface area contributed by atoms with Crippen molar-refractivity contribution in [2.75, 3.05) is 7.05 Å². The van der Waals surface area contributed by atoms with Gasteiger partial charge in [0.15, 0.2) is 0 Å². The Morgan fingerprint density at radius 2 is 1.59 bits per heavy atom. The molecule has 1 atom stereocenters. The van der Waals surface area contributed by atoms with E-state index >= 15 is 0 Å². The highest BCUT2D eigenvalue weighted by Gasteiger charge is 2.39. The van der Waals surface area contributed by atoms with Gasteiger partial charge >= 0.3 is 0 Å². The second-order valence-corrected chi connectivity index (χ2v) is 8.80. The third-order valence-electron chi connectivity index (χ3n) is 5.73. The number of para-hydroxylation sites is 1. The van der Waals surface area contributed by atoms with Crippen LogP contribution in [-0.4, -0.2) is 26.9 Å². The Labute approximate surface area is 190 Å². The van der Waals surface area contributed by atoms with Crippen LogP contribution in [0.15, 0.2) is 85.1 Å². The van der Waals surface area contributed by atoms with Gasteiger partial charge in [-0.2, -0.15) is 0 Å². The van der Waals surface area contributed by atoms with E-state index in [1.807, 2.05) is 72.9 Å². The second-order valence-electron chi connectivity index (χ2n) is 7.85. The molecule has 1 saturated heterocycles. The van der Waals surface area contributed by atoms with Crippen LogP contribution in [0.4, 0.5) is 4.79 Å². The Kier molecular flexibility index (Phi) is 5.45. The zero-order valence-corrected chi connectivity index (χ0v) is 18.4. The highest BCUT2D eigenvalue weighted by Crippen LogP contribution is 2.39. The average Bonchev–Trinajstić information content (AvgIpc) is 3.29. The molecule has 5 rings (SSSR count). The molecule has 0 aliphatic carbocycles. The number of nitrogens with zero attached hydrogens (tertiary/aromatic N) is 2. The van der Waals surface area contributed by atoms with Gasteiger partial charge in [-0.1, -0.05) is 60.7 Å². The lowest BCUT2D eigenvalue weighted by atomic mass is 10.1. The second kappa shape index (κ2) is 8.55. The van der Waals surface area contributed by atoms with E-state index in [-0.39, 0.29) is 10.4 Å². The van der Waals surface area contributed by atoms with Gasteiger partial charge in [0.05, 0.1) is 0 Å². The number of thioether (sulfide) groups is 1. The summed E-state index contributed by atoms with van der Waals surface area (Å²) in [6.07, 6.45) is 2.00. The number of hydrogen-bond acceptors (Lipinski definition) is 4. The molecular weight excluding hydrogens is 420 g/mol. The Hall–Kier alpha value is -3.51. The van der Waals surface area contributed by atoms with Crippen LogP contribution in [0.1, 0.15) is 22.7 Å². The van der Waals surface area contributed by atoms with E-state index in [1.54, 1.807) is 7.05 Å². The van der Waals surface area contributed by atoms with E-state index in [9.17, 15) is 9.59 Å². The summed E-state index contributed by atoms with van der Waals surface area (Å²) in [7, 11) is 1.69. The number of ether oxygens (including phenoxy) is 1. The van der Waals surface area contributed by atoms with Gasteiger partial charge in [-0.15, -0.1) is 0 Å². The number of aromatic nitrogens is 1. The zero-order chi connectivity index (χ0) is 22.1. The Balaban J connectivity index is 1.37. The van der Waals surface area contributed by atoms with E-state index in [0.717, 1.165) is 45.1 Å². The third-order valence-corrected chi connectivity index (χ3v) is 6.61. The normalized spacial score (nSPS) is 16.2. The molecule has 1 unspecified atom stereocenters. The Morgan fingerprint density at radius 3 is 2.31 bits per heavy atom. The van der Waals surface area contributed by atoms with Crippen molar-refractivity contribution in [3.8, 4) is 5.75 Å². The first-order valence-electron chi connectivity index (χ1n) is 10.4. The van der Waals surface area contributed by atoms with Crippen LogP contribution in [0.2, 0.25) is 0 Å². The average molecular weight is 443 g/mol. The third kappa shape index (κ3) is 3.89. The van der Waals surface area contributed by atoms with E-state index in [0.29, 0.717) is 13.2 Å². The van der Waals surface area contributed by atoms with Crippen molar-refractivity contribution in [3.05, 3.63) is 102 Å². The fourth-order valence-electron chi connectivity index (χ4n) is 4.07. The van der Waals surface area contributed by atoms with E-state index in [1.165, 1.54) is 4.90 Å². The number of fused-ring (bicyclic) bond motifs is 1. The van der Waals surface area contributed by atoms with Crippen LogP contribution in [0.3, 0.4) is 0 Å². The van der Waals surface area contributed by atoms with Crippen LogP contribution in [0.5, 0.6) is 5.75 Å². The summed E-state index contributed by atoms with van der Waals surface area (Å²) < 4.78 is 8.03. The summed E-state index contributed by atoms with van der Waals surface area (Å²) in [6.45, 7) is 1.19. The first kappa shape index (κ1) is 20.4. The van der Waals surface area contributed by atoms with Gasteiger partial charge in [0.2, 0.25) is 5.12 Å².